The molecule has 34 heteroatoms. The van der Waals surface area contributed by atoms with Gasteiger partial charge < -0.3 is 95.3 Å². The van der Waals surface area contributed by atoms with Gasteiger partial charge in [0.05, 0.1) is 78.4 Å². The number of carbonyl (C=O) groups is 7. The summed E-state index contributed by atoms with van der Waals surface area (Å²) in [7, 11) is -7.21. The lowest BCUT2D eigenvalue weighted by molar-refractivity contribution is -0.140. The molecule has 692 valence electrons. The summed E-state index contributed by atoms with van der Waals surface area (Å²) < 4.78 is 104. The van der Waals surface area contributed by atoms with Gasteiger partial charge in [0.2, 0.25) is 37.8 Å². The van der Waals surface area contributed by atoms with E-state index in [2.05, 4.69) is 61.5 Å². The maximum atomic E-state index is 14.4. The fourth-order valence-corrected chi connectivity index (χ4v) is 20.2. The molecular formula is C93H126N10O22S2. The fourth-order valence-electron chi connectivity index (χ4n) is 17.0. The van der Waals surface area contributed by atoms with Crippen LogP contribution in [0.25, 0.3) is 11.1 Å². The number of hydrogen-bond acceptors (Lipinski definition) is 23. The van der Waals surface area contributed by atoms with Crippen LogP contribution in [0, 0.1) is 23.7 Å². The maximum Gasteiger partial charge on any atom is 0.408 e. The molecule has 6 aromatic carbocycles. The van der Waals surface area contributed by atoms with Gasteiger partial charge in [-0.15, -0.1) is 0 Å². The van der Waals surface area contributed by atoms with Gasteiger partial charge >= 0.3 is 24.4 Å². The standard InChI is InChI=1S/C59H76N6O13S.C33H46N4O8S.CH4O/c1-38(2)34-64(35-51(66)49(32-39-16-7-6-8-17-39)63-57(70)77-52-37-75-55-46(52)28-31-74-55)79(72,73)41-26-24-40(25-27-41)33-61-53(67)50-23-15-30-65(50)54(68)48(62-58(71)78-59(3,4)5)22-13-14-29-60-56(69)76-36-47-44-20-11-9-18-42(44)43-19-10-12-21-45(43)47;1-22(2)19-37(46(41,42)25-12-10-24(11-13-25)18-35-31(39)27-9-6-15-34-27)20-29(38)28(17-23-7-4-3-5-8-23)36-33(40)45-30-21-44-32-26(30)14-16-43-32;1-2/h6-12,16-21,24-27,38,46-52,55,66H,13-15,22-23,28-37H2,1-5H3,(H,60,69)(H,61,67)(H,62,71)(H,63,70);3-5,7-8,10-13,22,26-30,32,34,38H,6,9,14-21H2,1-2H3,(H,35,39)(H,36,40);2H,1H3/t46-,48-,49-,50-,51+,52-,55+;26-,27-,28-,29+,30-,32+;/m00./s1. The van der Waals surface area contributed by atoms with E-state index < -0.39 is 117 Å². The van der Waals surface area contributed by atoms with E-state index in [1.807, 2.05) is 113 Å². The van der Waals surface area contributed by atoms with E-state index >= 15 is 0 Å². The second-order valence-electron chi connectivity index (χ2n) is 34.9. The highest BCUT2D eigenvalue weighted by molar-refractivity contribution is 7.89. The Morgan fingerprint density at radius 3 is 1.46 bits per heavy atom. The van der Waals surface area contributed by atoms with Gasteiger partial charge in [0, 0.05) is 65.4 Å². The van der Waals surface area contributed by atoms with Crippen molar-refractivity contribution in [3.8, 4) is 11.1 Å². The molecule has 0 aromatic heterocycles. The number of carbonyl (C=O) groups excluding carboxylic acids is 7. The van der Waals surface area contributed by atoms with E-state index in [-0.39, 0.29) is 143 Å². The molecule has 1 aliphatic carbocycles. The zero-order valence-corrected chi connectivity index (χ0v) is 75.3. The lowest BCUT2D eigenvalue weighted by Gasteiger charge is -2.31. The largest absolute Gasteiger partial charge is 0.449 e. The van der Waals surface area contributed by atoms with Crippen molar-refractivity contribution >= 4 is 62.1 Å². The minimum absolute atomic E-state index is 0.0268. The molecule has 6 saturated heterocycles. The summed E-state index contributed by atoms with van der Waals surface area (Å²) in [5, 5.41) is 50.4. The molecule has 13 rings (SSSR count). The van der Waals surface area contributed by atoms with Gasteiger partial charge in [0.25, 0.3) is 0 Å². The molecule has 13 atom stereocenters. The number of sulfonamides is 2. The van der Waals surface area contributed by atoms with Crippen LogP contribution >= 0.6 is 0 Å². The molecule has 6 aromatic rings. The number of aliphatic hydroxyl groups excluding tert-OH is 3. The predicted molar refractivity (Wildman–Crippen MR) is 472 cm³/mol. The molecule has 7 aliphatic rings. The summed E-state index contributed by atoms with van der Waals surface area (Å²) in [5.74, 6) is -1.27. The highest BCUT2D eigenvalue weighted by Crippen LogP contribution is 2.45. The van der Waals surface area contributed by atoms with Gasteiger partial charge in [-0.25, -0.2) is 36.0 Å². The zero-order valence-electron chi connectivity index (χ0n) is 73.7. The van der Waals surface area contributed by atoms with Crippen molar-refractivity contribution in [1.82, 2.24) is 50.7 Å². The first kappa shape index (κ1) is 97.9. The number of rotatable bonds is 37. The first-order valence-corrected chi connectivity index (χ1v) is 47.0. The number of likely N-dealkylation sites (tertiary alicyclic amines) is 1. The van der Waals surface area contributed by atoms with Crippen LogP contribution in [0.4, 0.5) is 19.2 Å². The van der Waals surface area contributed by atoms with Crippen LogP contribution in [0.5, 0.6) is 0 Å². The average Bonchev–Trinajstić information content (AvgIpc) is 1.61. The number of aliphatic hydroxyl groups is 3. The normalized spacial score (nSPS) is 21.2. The Morgan fingerprint density at radius 1 is 0.528 bits per heavy atom. The Hall–Kier alpha value is -9.69. The topological polar surface area (TPSA) is 416 Å². The van der Waals surface area contributed by atoms with Gasteiger partial charge in [-0.3, -0.25) is 14.4 Å². The van der Waals surface area contributed by atoms with Crippen LogP contribution < -0.4 is 37.2 Å². The van der Waals surface area contributed by atoms with Crippen molar-refractivity contribution < 1.29 is 104 Å². The van der Waals surface area contributed by atoms with E-state index in [1.54, 1.807) is 45.0 Å². The quantitative estimate of drug-likeness (QED) is 0.0129. The first-order valence-electron chi connectivity index (χ1n) is 44.1. The molecule has 0 spiro atoms. The van der Waals surface area contributed by atoms with Crippen LogP contribution in [0.3, 0.4) is 0 Å². The molecule has 32 nitrogen and oxygen atoms in total. The van der Waals surface area contributed by atoms with E-state index in [9.17, 15) is 60.6 Å². The second kappa shape index (κ2) is 46.5. The van der Waals surface area contributed by atoms with Crippen LogP contribution in [0.15, 0.2) is 168 Å². The number of nitrogens with one attached hydrogen (secondary N) is 7. The second-order valence-corrected chi connectivity index (χ2v) is 38.8. The number of ether oxygens (including phenoxy) is 8. The van der Waals surface area contributed by atoms with Crippen molar-refractivity contribution in [2.45, 2.75) is 221 Å². The molecular weight excluding hydrogens is 1670 g/mol. The van der Waals surface area contributed by atoms with E-state index in [0.717, 1.165) is 71.9 Å². The van der Waals surface area contributed by atoms with Crippen LogP contribution in [0.1, 0.15) is 146 Å². The van der Waals surface area contributed by atoms with Gasteiger partial charge in [0.15, 0.2) is 12.6 Å². The molecule has 0 radical (unpaired) electrons. The van der Waals surface area contributed by atoms with Crippen LogP contribution in [0.2, 0.25) is 0 Å². The molecule has 0 bridgehead atoms. The summed E-state index contributed by atoms with van der Waals surface area (Å²) in [5.41, 5.74) is 6.71. The molecule has 6 fully saturated rings. The summed E-state index contributed by atoms with van der Waals surface area (Å²) in [6.07, 6.45) is -1.41. The Morgan fingerprint density at radius 2 is 1.00 bits per heavy atom. The number of unbranched alkanes of at least 4 members (excludes halogenated alkanes) is 1. The third-order valence-corrected chi connectivity index (χ3v) is 27.0. The van der Waals surface area contributed by atoms with Gasteiger partial charge in [0.1, 0.15) is 36.5 Å². The van der Waals surface area contributed by atoms with Crippen molar-refractivity contribution in [3.05, 3.63) is 191 Å². The SMILES string of the molecule is CC(C)CN(C[C@@H](O)[C@H](Cc1ccccc1)NC(=O)O[C@H]1CO[C@H]2OCC[C@H]21)S(=O)(=O)c1ccc(CNC(=O)[C@@H]2CCCN2)cc1.CC(C)CN(C[C@@H](O)[C@H](Cc1ccccc1)NC(=O)O[C@H]1CO[C@H]2OCC[C@H]21)S(=O)(=O)c1ccc(CNC(=O)[C@@H]2CCCN2C(=O)[C@H](CCCCNC(=O)OCC2c3ccccc3-c3ccccc32)NC(=O)OC(C)(C)C)cc1.CO. The molecule has 0 saturated carbocycles. The maximum absolute atomic E-state index is 14.4. The monoisotopic (exact) mass is 1800 g/mol. The highest BCUT2D eigenvalue weighted by atomic mass is 32.2. The third-order valence-electron chi connectivity index (χ3n) is 23.3. The number of benzene rings is 6. The van der Waals surface area contributed by atoms with Gasteiger partial charge in [-0.05, 0) is 179 Å². The Bertz CT molecular complexity index is 4770. The number of hydrogen-bond donors (Lipinski definition) is 10. The zero-order chi connectivity index (χ0) is 91.0. The van der Waals surface area contributed by atoms with Gasteiger partial charge in [-0.1, -0.05) is 161 Å². The Labute approximate surface area is 745 Å². The fraction of sp³-hybridized carbons (Fsp3) is 0.538. The summed E-state index contributed by atoms with van der Waals surface area (Å²) in [4.78, 5) is 94.3. The van der Waals surface area contributed by atoms with Crippen LogP contribution in [-0.4, -0.2) is 247 Å². The number of fused-ring (bicyclic) bond motifs is 5. The summed E-state index contributed by atoms with van der Waals surface area (Å²) in [6.45, 7) is 15.7. The third kappa shape index (κ3) is 27.4. The van der Waals surface area contributed by atoms with Crippen molar-refractivity contribution in [2.75, 3.05) is 86.0 Å². The first-order chi connectivity index (χ1) is 60.9. The molecule has 127 heavy (non-hydrogen) atoms. The molecule has 10 N–H and O–H groups in total. The average molecular weight is 1800 g/mol. The molecule has 6 heterocycles. The smallest absolute Gasteiger partial charge is 0.408 e. The van der Waals surface area contributed by atoms with E-state index in [1.165, 1.54) is 37.8 Å². The molecule has 7 amide bonds. The van der Waals surface area contributed by atoms with Crippen molar-refractivity contribution in [1.29, 1.82) is 0 Å². The summed E-state index contributed by atoms with van der Waals surface area (Å²) in [6, 6.07) is 43.5. The van der Waals surface area contributed by atoms with Crippen molar-refractivity contribution in [3.63, 3.8) is 0 Å². The number of nitrogens with zero attached hydrogens (tertiary/aromatic N) is 3. The minimum Gasteiger partial charge on any atom is -0.449 e. The summed E-state index contributed by atoms with van der Waals surface area (Å²) >= 11 is 0. The van der Waals surface area contributed by atoms with Crippen molar-refractivity contribution in [2.24, 2.45) is 23.7 Å². The van der Waals surface area contributed by atoms with E-state index in [0.29, 0.717) is 57.4 Å². The van der Waals surface area contributed by atoms with E-state index in [4.69, 9.17) is 43.0 Å². The Kier molecular flexibility index (Phi) is 35.9. The Balaban J connectivity index is 0.000000276. The minimum atomic E-state index is -4.19. The lowest BCUT2D eigenvalue weighted by Crippen LogP contribution is -2.54. The predicted octanol–water partition coefficient (Wildman–Crippen LogP) is 8.77. The molecule has 6 aliphatic heterocycles. The number of amides is 7. The lowest BCUT2D eigenvalue weighted by atomic mass is 9.98. The van der Waals surface area contributed by atoms with Crippen LogP contribution in [-0.2, 0) is 98.3 Å². The molecule has 0 unspecified atom stereocenters. The number of alkyl carbamates (subject to hydrolysis) is 4. The van der Waals surface area contributed by atoms with Gasteiger partial charge in [-0.2, -0.15) is 8.61 Å². The highest BCUT2D eigenvalue weighted by Gasteiger charge is 2.47.